The van der Waals surface area contributed by atoms with Crippen LogP contribution >= 0.6 is 11.8 Å². The van der Waals surface area contributed by atoms with Gasteiger partial charge in [0.1, 0.15) is 6.61 Å². The number of benzene rings is 1. The molecule has 92 valence electrons. The van der Waals surface area contributed by atoms with Crippen LogP contribution < -0.4 is 0 Å². The van der Waals surface area contributed by atoms with Crippen molar-refractivity contribution in [1.29, 1.82) is 0 Å². The molecule has 1 heterocycles. The molecular weight excluding hydrogens is 246 g/mol. The number of aromatic nitrogens is 1. The molecule has 0 aliphatic carbocycles. The van der Waals surface area contributed by atoms with E-state index < -0.39 is 0 Å². The van der Waals surface area contributed by atoms with Crippen molar-refractivity contribution in [1.82, 2.24) is 4.98 Å². The van der Waals surface area contributed by atoms with E-state index in [9.17, 15) is 4.79 Å². The van der Waals surface area contributed by atoms with Gasteiger partial charge in [0.15, 0.2) is 0 Å². The summed E-state index contributed by atoms with van der Waals surface area (Å²) in [6.45, 7) is 1.61. The van der Waals surface area contributed by atoms with Gasteiger partial charge in [-0.25, -0.2) is 0 Å². The van der Waals surface area contributed by atoms with Crippen molar-refractivity contribution in [2.45, 2.75) is 23.3 Å². The number of nitrogens with zero attached hydrogens (tertiary/aromatic N) is 1. The summed E-state index contributed by atoms with van der Waals surface area (Å²) in [5.74, 6) is -0.295. The van der Waals surface area contributed by atoms with Gasteiger partial charge in [-0.3, -0.25) is 9.78 Å². The number of hydrogen-bond acceptors (Lipinski definition) is 4. The van der Waals surface area contributed by atoms with Crippen LogP contribution in [0.2, 0.25) is 0 Å². The van der Waals surface area contributed by atoms with Gasteiger partial charge in [0.2, 0.25) is 0 Å². The van der Waals surface area contributed by atoms with Crippen LogP contribution in [-0.2, 0) is 16.1 Å². The van der Waals surface area contributed by atoms with Gasteiger partial charge < -0.3 is 4.74 Å². The average Bonchev–Trinajstić information content (AvgIpc) is 2.39. The van der Waals surface area contributed by atoms with E-state index in [1.54, 1.807) is 18.0 Å². The fourth-order valence-corrected chi connectivity index (χ4v) is 2.33. The number of carbonyl (C=O) groups is 1. The predicted molar refractivity (Wildman–Crippen MR) is 70.3 cm³/mol. The third kappa shape index (κ3) is 3.60. The average molecular weight is 259 g/mol. The summed E-state index contributed by atoms with van der Waals surface area (Å²) in [6, 6.07) is 13.9. The summed E-state index contributed by atoms with van der Waals surface area (Å²) in [4.78, 5) is 17.2. The van der Waals surface area contributed by atoms with Gasteiger partial charge in [0, 0.05) is 22.9 Å². The smallest absolute Gasteiger partial charge is 0.303 e. The molecule has 2 rings (SSSR count). The van der Waals surface area contributed by atoms with E-state index in [-0.39, 0.29) is 12.6 Å². The van der Waals surface area contributed by atoms with Gasteiger partial charge in [-0.15, -0.1) is 0 Å². The lowest BCUT2D eigenvalue weighted by atomic mass is 10.4. The van der Waals surface area contributed by atoms with E-state index in [1.165, 1.54) is 6.92 Å². The molecule has 0 unspecified atom stereocenters. The zero-order valence-corrected chi connectivity index (χ0v) is 10.8. The predicted octanol–water partition coefficient (Wildman–Crippen LogP) is 3.30. The molecule has 0 amide bonds. The zero-order valence-electron chi connectivity index (χ0n) is 10.00. The lowest BCUT2D eigenvalue weighted by molar-refractivity contribution is -0.142. The second-order valence-electron chi connectivity index (χ2n) is 3.64. The molecule has 0 bridgehead atoms. The molecule has 0 saturated heterocycles. The number of carbonyl (C=O) groups excluding carboxylic acids is 1. The normalized spacial score (nSPS) is 10.1. The lowest BCUT2D eigenvalue weighted by Gasteiger charge is -2.07. The maximum atomic E-state index is 10.8. The van der Waals surface area contributed by atoms with Crippen LogP contribution in [0.5, 0.6) is 0 Å². The Kier molecular flexibility index (Phi) is 4.36. The second kappa shape index (κ2) is 6.21. The highest BCUT2D eigenvalue weighted by molar-refractivity contribution is 7.99. The van der Waals surface area contributed by atoms with Crippen LogP contribution in [-0.4, -0.2) is 11.0 Å². The lowest BCUT2D eigenvalue weighted by Crippen LogP contribution is -2.01. The standard InChI is InChI=1S/C14H13NO2S/c1-11(16)17-10-13-14(8-5-9-15-13)18-12-6-3-2-4-7-12/h2-9H,10H2,1H3. The highest BCUT2D eigenvalue weighted by Crippen LogP contribution is 2.29. The molecule has 0 aliphatic rings. The zero-order chi connectivity index (χ0) is 12.8. The summed E-state index contributed by atoms with van der Waals surface area (Å²) < 4.78 is 4.99. The summed E-state index contributed by atoms with van der Waals surface area (Å²) >= 11 is 1.61. The molecule has 4 heteroatoms. The van der Waals surface area contributed by atoms with Crippen molar-refractivity contribution in [2.24, 2.45) is 0 Å². The van der Waals surface area contributed by atoms with E-state index in [2.05, 4.69) is 4.98 Å². The summed E-state index contributed by atoms with van der Waals surface area (Å²) in [5.41, 5.74) is 0.779. The minimum atomic E-state index is -0.295. The van der Waals surface area contributed by atoms with Crippen LogP contribution in [0.4, 0.5) is 0 Å². The quantitative estimate of drug-likeness (QED) is 0.790. The Morgan fingerprint density at radius 3 is 2.72 bits per heavy atom. The fourth-order valence-electron chi connectivity index (χ4n) is 1.41. The topological polar surface area (TPSA) is 39.2 Å². The Balaban J connectivity index is 2.14. The summed E-state index contributed by atoms with van der Waals surface area (Å²) in [6.07, 6.45) is 1.70. The van der Waals surface area contributed by atoms with Gasteiger partial charge in [0.25, 0.3) is 0 Å². The molecule has 1 aromatic heterocycles. The minimum Gasteiger partial charge on any atom is -0.459 e. The Morgan fingerprint density at radius 2 is 2.00 bits per heavy atom. The van der Waals surface area contributed by atoms with Gasteiger partial charge in [-0.2, -0.15) is 0 Å². The van der Waals surface area contributed by atoms with Gasteiger partial charge >= 0.3 is 5.97 Å². The Labute approximate surface area is 110 Å². The highest BCUT2D eigenvalue weighted by Gasteiger charge is 2.06. The second-order valence-corrected chi connectivity index (χ2v) is 4.76. The van der Waals surface area contributed by atoms with E-state index in [0.717, 1.165) is 15.5 Å². The fraction of sp³-hybridized carbons (Fsp3) is 0.143. The Morgan fingerprint density at radius 1 is 1.22 bits per heavy atom. The minimum absolute atomic E-state index is 0.214. The van der Waals surface area contributed by atoms with Crippen LogP contribution in [0.3, 0.4) is 0 Å². The van der Waals surface area contributed by atoms with Crippen LogP contribution in [0.1, 0.15) is 12.6 Å². The molecule has 0 saturated carbocycles. The molecule has 0 radical (unpaired) electrons. The molecule has 3 nitrogen and oxygen atoms in total. The van der Waals surface area contributed by atoms with Crippen LogP contribution in [0.15, 0.2) is 58.5 Å². The number of pyridine rings is 1. The van der Waals surface area contributed by atoms with E-state index >= 15 is 0 Å². The molecule has 0 spiro atoms. The van der Waals surface area contributed by atoms with Crippen molar-refractivity contribution in [2.75, 3.05) is 0 Å². The van der Waals surface area contributed by atoms with Crippen molar-refractivity contribution in [3.63, 3.8) is 0 Å². The first-order chi connectivity index (χ1) is 8.75. The summed E-state index contributed by atoms with van der Waals surface area (Å²) in [7, 11) is 0. The molecular formula is C14H13NO2S. The van der Waals surface area contributed by atoms with E-state index in [4.69, 9.17) is 4.74 Å². The van der Waals surface area contributed by atoms with Crippen molar-refractivity contribution >= 4 is 17.7 Å². The van der Waals surface area contributed by atoms with Crippen molar-refractivity contribution in [3.05, 3.63) is 54.4 Å². The van der Waals surface area contributed by atoms with Crippen LogP contribution in [0, 0.1) is 0 Å². The van der Waals surface area contributed by atoms with Crippen molar-refractivity contribution < 1.29 is 9.53 Å². The molecule has 0 fully saturated rings. The molecule has 0 atom stereocenters. The van der Waals surface area contributed by atoms with Gasteiger partial charge in [-0.1, -0.05) is 30.0 Å². The molecule has 0 N–H and O–H groups in total. The van der Waals surface area contributed by atoms with Gasteiger partial charge in [-0.05, 0) is 24.3 Å². The van der Waals surface area contributed by atoms with E-state index in [1.807, 2.05) is 42.5 Å². The van der Waals surface area contributed by atoms with Crippen molar-refractivity contribution in [3.8, 4) is 0 Å². The number of esters is 1. The number of rotatable bonds is 4. The first-order valence-electron chi connectivity index (χ1n) is 5.56. The molecule has 2 aromatic rings. The molecule has 0 aliphatic heterocycles. The Bertz CT molecular complexity index is 528. The number of hydrogen-bond donors (Lipinski definition) is 0. The monoisotopic (exact) mass is 259 g/mol. The number of ether oxygens (including phenoxy) is 1. The van der Waals surface area contributed by atoms with E-state index in [0.29, 0.717) is 0 Å². The maximum Gasteiger partial charge on any atom is 0.303 e. The third-order valence-corrected chi connectivity index (χ3v) is 3.33. The Hall–Kier alpha value is -1.81. The SMILES string of the molecule is CC(=O)OCc1ncccc1Sc1ccccc1. The largest absolute Gasteiger partial charge is 0.459 e. The van der Waals surface area contributed by atoms with Crippen LogP contribution in [0.25, 0.3) is 0 Å². The third-order valence-electron chi connectivity index (χ3n) is 2.23. The molecule has 1 aromatic carbocycles. The first-order valence-corrected chi connectivity index (χ1v) is 6.37. The first kappa shape index (κ1) is 12.6. The molecule has 18 heavy (non-hydrogen) atoms. The maximum absolute atomic E-state index is 10.8. The highest BCUT2D eigenvalue weighted by atomic mass is 32.2. The summed E-state index contributed by atoms with van der Waals surface area (Å²) in [5, 5.41) is 0. The van der Waals surface area contributed by atoms with Gasteiger partial charge in [0.05, 0.1) is 5.69 Å².